The summed E-state index contributed by atoms with van der Waals surface area (Å²) >= 11 is 0. The Morgan fingerprint density at radius 1 is 0.552 bits per heavy atom. The second kappa shape index (κ2) is 12.6. The number of aryl methyl sites for hydroxylation is 3. The zero-order chi connectivity index (χ0) is 20.9. The van der Waals surface area contributed by atoms with Gasteiger partial charge in [0, 0.05) is 0 Å². The van der Waals surface area contributed by atoms with Gasteiger partial charge in [0.1, 0.15) is 0 Å². The number of rotatable bonds is 0. The molecule has 0 bridgehead atoms. The molecule has 0 radical (unpaired) electrons. The van der Waals surface area contributed by atoms with Gasteiger partial charge in [-0.3, -0.25) is 0 Å². The zero-order valence-corrected chi connectivity index (χ0v) is 18.3. The average Bonchev–Trinajstić information content (AvgIpc) is 3.53. The number of benzene rings is 3. The van der Waals surface area contributed by atoms with E-state index in [1.54, 1.807) is 5.57 Å². The first-order valence-corrected chi connectivity index (χ1v) is 10.5. The van der Waals surface area contributed by atoms with E-state index in [9.17, 15) is 0 Å². The van der Waals surface area contributed by atoms with Crippen molar-refractivity contribution in [3.63, 3.8) is 0 Å². The molecular weight excluding hydrogens is 348 g/mol. The summed E-state index contributed by atoms with van der Waals surface area (Å²) in [6, 6.07) is 30.8. The minimum atomic E-state index is 0.931. The Morgan fingerprint density at radius 3 is 1.17 bits per heavy atom. The lowest BCUT2D eigenvalue weighted by Gasteiger charge is -1.98. The fourth-order valence-electron chi connectivity index (χ4n) is 3.03. The van der Waals surface area contributed by atoms with Crippen LogP contribution in [0.5, 0.6) is 0 Å². The lowest BCUT2D eigenvalue weighted by molar-refractivity contribution is 0.909. The van der Waals surface area contributed by atoms with E-state index in [-0.39, 0.29) is 0 Å². The van der Waals surface area contributed by atoms with E-state index in [0.717, 1.165) is 11.8 Å². The standard InChI is InChI=1S/C8H10.3C7H8/c1-6-3-2-4-7-5-8(6)7;3*1-7-5-3-2-4-6-7/h2-4,7-8H,5H2,1H3;3*2-6H,1H3. The number of allylic oxidation sites excluding steroid dienone is 4. The first kappa shape index (κ1) is 22.4. The molecule has 29 heavy (non-hydrogen) atoms. The number of fused-ring (bicyclic) bond motifs is 1. The summed E-state index contributed by atoms with van der Waals surface area (Å²) in [5.74, 6) is 1.87. The molecule has 0 aliphatic heterocycles. The molecule has 2 atom stereocenters. The highest BCUT2D eigenvalue weighted by atomic mass is 14.4. The Balaban J connectivity index is 0.000000138. The number of hydrogen-bond donors (Lipinski definition) is 0. The van der Waals surface area contributed by atoms with Gasteiger partial charge >= 0.3 is 0 Å². The summed E-state index contributed by atoms with van der Waals surface area (Å²) in [7, 11) is 0. The quantitative estimate of drug-likeness (QED) is 0.368. The van der Waals surface area contributed by atoms with Crippen LogP contribution < -0.4 is 0 Å². The molecule has 150 valence electrons. The van der Waals surface area contributed by atoms with E-state index in [4.69, 9.17) is 0 Å². The molecule has 0 N–H and O–H groups in total. The van der Waals surface area contributed by atoms with Crippen LogP contribution in [0.2, 0.25) is 0 Å². The highest BCUT2D eigenvalue weighted by Crippen LogP contribution is 2.46. The van der Waals surface area contributed by atoms with Crippen LogP contribution in [-0.2, 0) is 0 Å². The van der Waals surface area contributed by atoms with E-state index in [1.165, 1.54) is 23.1 Å². The van der Waals surface area contributed by atoms with Crippen molar-refractivity contribution in [1.82, 2.24) is 0 Å². The summed E-state index contributed by atoms with van der Waals surface area (Å²) in [4.78, 5) is 0. The van der Waals surface area contributed by atoms with E-state index in [2.05, 4.69) is 82.3 Å². The maximum Gasteiger partial charge on any atom is -0.0134 e. The summed E-state index contributed by atoms with van der Waals surface area (Å²) < 4.78 is 0. The average molecular weight is 383 g/mol. The van der Waals surface area contributed by atoms with Crippen molar-refractivity contribution in [2.45, 2.75) is 34.1 Å². The second-order valence-corrected chi connectivity index (χ2v) is 7.77. The molecule has 3 aromatic rings. The van der Waals surface area contributed by atoms with Gasteiger partial charge in [0.15, 0.2) is 0 Å². The molecule has 0 nitrogen and oxygen atoms in total. The van der Waals surface area contributed by atoms with E-state index >= 15 is 0 Å². The van der Waals surface area contributed by atoms with Gasteiger partial charge < -0.3 is 0 Å². The predicted molar refractivity (Wildman–Crippen MR) is 128 cm³/mol. The Hall–Kier alpha value is -2.86. The molecule has 1 fully saturated rings. The molecule has 1 saturated carbocycles. The molecule has 2 aliphatic rings. The van der Waals surface area contributed by atoms with Crippen LogP contribution in [0, 0.1) is 32.6 Å². The van der Waals surface area contributed by atoms with Crippen molar-refractivity contribution in [2.75, 3.05) is 0 Å². The van der Waals surface area contributed by atoms with Crippen LogP contribution in [0.3, 0.4) is 0 Å². The molecule has 2 unspecified atom stereocenters. The third-order valence-corrected chi connectivity index (χ3v) is 4.96. The van der Waals surface area contributed by atoms with Crippen molar-refractivity contribution in [2.24, 2.45) is 11.8 Å². The van der Waals surface area contributed by atoms with Gasteiger partial charge in [0.25, 0.3) is 0 Å². The van der Waals surface area contributed by atoms with Gasteiger partial charge in [-0.15, -0.1) is 0 Å². The minimum Gasteiger partial charge on any atom is -0.0808 e. The second-order valence-electron chi connectivity index (χ2n) is 7.77. The monoisotopic (exact) mass is 382 g/mol. The molecule has 5 rings (SSSR count). The van der Waals surface area contributed by atoms with Gasteiger partial charge in [-0.2, -0.15) is 0 Å². The van der Waals surface area contributed by atoms with Crippen molar-refractivity contribution in [1.29, 1.82) is 0 Å². The Morgan fingerprint density at radius 2 is 0.931 bits per heavy atom. The lowest BCUT2D eigenvalue weighted by atomic mass is 10.1. The smallest absolute Gasteiger partial charge is 0.0134 e. The molecule has 2 aliphatic carbocycles. The highest BCUT2D eigenvalue weighted by molar-refractivity contribution is 5.28. The summed E-state index contributed by atoms with van der Waals surface area (Å²) in [6.45, 7) is 8.48. The third kappa shape index (κ3) is 9.76. The minimum absolute atomic E-state index is 0.931. The molecule has 3 aromatic carbocycles. The van der Waals surface area contributed by atoms with Crippen molar-refractivity contribution >= 4 is 0 Å². The van der Waals surface area contributed by atoms with Crippen molar-refractivity contribution in [3.8, 4) is 0 Å². The van der Waals surface area contributed by atoms with Crippen LogP contribution in [0.1, 0.15) is 30.0 Å². The van der Waals surface area contributed by atoms with Gasteiger partial charge in [0.2, 0.25) is 0 Å². The number of hydrogen-bond acceptors (Lipinski definition) is 0. The SMILES string of the molecule is CC1=CC=CC2CC12.Cc1ccccc1.Cc1ccccc1.Cc1ccccc1. The highest BCUT2D eigenvalue weighted by Gasteiger charge is 2.36. The van der Waals surface area contributed by atoms with Crippen molar-refractivity contribution < 1.29 is 0 Å². The van der Waals surface area contributed by atoms with Gasteiger partial charge in [-0.1, -0.05) is 131 Å². The largest absolute Gasteiger partial charge is 0.0808 e. The molecule has 0 aromatic heterocycles. The van der Waals surface area contributed by atoms with Crippen LogP contribution in [0.4, 0.5) is 0 Å². The fourth-order valence-corrected chi connectivity index (χ4v) is 3.03. The summed E-state index contributed by atoms with van der Waals surface area (Å²) in [5, 5.41) is 0. The topological polar surface area (TPSA) is 0 Å². The Kier molecular flexibility index (Phi) is 9.72. The Bertz CT molecular complexity index is 769. The van der Waals surface area contributed by atoms with E-state index in [1.807, 2.05) is 54.6 Å². The first-order chi connectivity index (χ1) is 14.1. The summed E-state index contributed by atoms with van der Waals surface area (Å²) in [6.07, 6.45) is 8.15. The maximum atomic E-state index is 2.32. The molecule has 0 saturated heterocycles. The van der Waals surface area contributed by atoms with E-state index in [0.29, 0.717) is 0 Å². The zero-order valence-electron chi connectivity index (χ0n) is 18.3. The predicted octanol–water partition coefficient (Wildman–Crippen LogP) is 8.12. The molecule has 0 amide bonds. The summed E-state index contributed by atoms with van der Waals surface area (Å²) in [5.41, 5.74) is 5.55. The lowest BCUT2D eigenvalue weighted by Crippen LogP contribution is -1.84. The molecular formula is C29H34. The van der Waals surface area contributed by atoms with E-state index < -0.39 is 0 Å². The fraction of sp³-hybridized carbons (Fsp3) is 0.241. The normalized spacial score (nSPS) is 17.6. The van der Waals surface area contributed by atoms with Crippen LogP contribution in [0.25, 0.3) is 0 Å². The van der Waals surface area contributed by atoms with Crippen LogP contribution >= 0.6 is 0 Å². The molecule has 0 heterocycles. The van der Waals surface area contributed by atoms with Crippen LogP contribution in [-0.4, -0.2) is 0 Å². The molecule has 0 spiro atoms. The maximum absolute atomic E-state index is 2.32. The van der Waals surface area contributed by atoms with Crippen molar-refractivity contribution in [3.05, 3.63) is 131 Å². The van der Waals surface area contributed by atoms with Gasteiger partial charge in [0.05, 0.1) is 0 Å². The first-order valence-electron chi connectivity index (χ1n) is 10.5. The van der Waals surface area contributed by atoms with Gasteiger partial charge in [-0.05, 0) is 46.0 Å². The molecule has 0 heteroatoms. The van der Waals surface area contributed by atoms with Crippen LogP contribution in [0.15, 0.2) is 115 Å². The van der Waals surface area contributed by atoms with Gasteiger partial charge in [-0.25, -0.2) is 0 Å². The Labute approximate surface area is 177 Å². The third-order valence-electron chi connectivity index (χ3n) is 4.96.